The van der Waals surface area contributed by atoms with E-state index < -0.39 is 0 Å². The third kappa shape index (κ3) is 6.35. The van der Waals surface area contributed by atoms with Crippen molar-refractivity contribution in [1.82, 2.24) is 0 Å². The van der Waals surface area contributed by atoms with Crippen LogP contribution in [0.3, 0.4) is 0 Å². The second-order valence-electron chi connectivity index (χ2n) is 2.61. The van der Waals surface area contributed by atoms with Crippen LogP contribution in [0.1, 0.15) is 27.7 Å². The van der Waals surface area contributed by atoms with Crippen LogP contribution >= 0.6 is 11.8 Å². The molecule has 0 aliphatic heterocycles. The Labute approximate surface area is 57.1 Å². The summed E-state index contributed by atoms with van der Waals surface area (Å²) < 4.78 is 0. The zero-order valence-electron chi connectivity index (χ0n) is 6.19. The Bertz CT molecular complexity index is 40.3. The zero-order chi connectivity index (χ0) is 6.57. The van der Waals surface area contributed by atoms with Gasteiger partial charge in [-0.25, -0.2) is 0 Å². The highest BCUT2D eigenvalue weighted by atomic mass is 32.2. The van der Waals surface area contributed by atoms with Crippen LogP contribution in [0.4, 0.5) is 0 Å². The highest BCUT2D eigenvalue weighted by Crippen LogP contribution is 2.19. The van der Waals surface area contributed by atoms with Crippen LogP contribution in [0.15, 0.2) is 0 Å². The van der Waals surface area contributed by atoms with Crippen LogP contribution in [0.5, 0.6) is 0 Å². The Balaban J connectivity index is 2.93. The number of hydrogen-bond acceptors (Lipinski definition) is 1. The lowest BCUT2D eigenvalue weighted by Gasteiger charge is -2.05. The molecule has 0 aromatic carbocycles. The second-order valence-corrected chi connectivity index (χ2v) is 4.05. The largest absolute Gasteiger partial charge is 0.154 e. The lowest BCUT2D eigenvalue weighted by atomic mass is 10.3. The van der Waals surface area contributed by atoms with Gasteiger partial charge in [0.1, 0.15) is 0 Å². The Hall–Kier alpha value is 0.350. The van der Waals surface area contributed by atoms with Gasteiger partial charge in [-0.1, -0.05) is 13.8 Å². The molecular weight excluding hydrogens is 116 g/mol. The molecule has 0 saturated carbocycles. The smallest absolute Gasteiger partial charge is 0.0245 e. The third-order valence-corrected chi connectivity index (χ3v) is 2.12. The lowest BCUT2D eigenvalue weighted by Crippen LogP contribution is -1.91. The monoisotopic (exact) mass is 131 g/mol. The highest BCUT2D eigenvalue weighted by molar-refractivity contribution is 8.02. The molecule has 0 atom stereocenters. The standard InChI is InChI=1S/C7H15S/c1-6(2)5-8-7(3)4/h6H,5H2,1-4H3. The van der Waals surface area contributed by atoms with Crippen molar-refractivity contribution in [1.29, 1.82) is 0 Å². The number of rotatable bonds is 3. The molecule has 0 saturated heterocycles. The Kier molecular flexibility index (Phi) is 4.44. The molecule has 0 aliphatic carbocycles. The SMILES string of the molecule is C[C](C)SCC(C)C. The van der Waals surface area contributed by atoms with E-state index in [1.807, 2.05) is 11.8 Å². The number of hydrogen-bond donors (Lipinski definition) is 0. The van der Waals surface area contributed by atoms with Crippen molar-refractivity contribution in [2.24, 2.45) is 5.92 Å². The van der Waals surface area contributed by atoms with Crippen molar-refractivity contribution >= 4 is 11.8 Å². The summed E-state index contributed by atoms with van der Waals surface area (Å²) in [7, 11) is 0. The van der Waals surface area contributed by atoms with Gasteiger partial charge in [0.15, 0.2) is 0 Å². The first kappa shape index (κ1) is 8.35. The van der Waals surface area contributed by atoms with Gasteiger partial charge >= 0.3 is 0 Å². The molecule has 0 bridgehead atoms. The summed E-state index contributed by atoms with van der Waals surface area (Å²) in [5.41, 5.74) is 0. The van der Waals surface area contributed by atoms with Crippen LogP contribution in [0.2, 0.25) is 0 Å². The molecule has 8 heavy (non-hydrogen) atoms. The van der Waals surface area contributed by atoms with Crippen LogP contribution in [-0.4, -0.2) is 5.75 Å². The molecule has 0 amide bonds. The van der Waals surface area contributed by atoms with Gasteiger partial charge in [0.25, 0.3) is 0 Å². The summed E-state index contributed by atoms with van der Waals surface area (Å²) in [6.07, 6.45) is 0. The maximum Gasteiger partial charge on any atom is 0.0245 e. The first-order valence-corrected chi connectivity index (χ1v) is 4.04. The molecule has 0 aliphatic rings. The van der Waals surface area contributed by atoms with Crippen LogP contribution < -0.4 is 0 Å². The Morgan fingerprint density at radius 2 is 1.88 bits per heavy atom. The Morgan fingerprint density at radius 1 is 1.38 bits per heavy atom. The minimum atomic E-state index is 0.829. The molecule has 0 rings (SSSR count). The van der Waals surface area contributed by atoms with E-state index in [-0.39, 0.29) is 0 Å². The molecule has 0 spiro atoms. The fourth-order valence-corrected chi connectivity index (χ4v) is 1.00. The van der Waals surface area contributed by atoms with Gasteiger partial charge in [0, 0.05) is 5.25 Å². The highest BCUT2D eigenvalue weighted by Gasteiger charge is 1.96. The van der Waals surface area contributed by atoms with Crippen LogP contribution in [0, 0.1) is 11.2 Å². The van der Waals surface area contributed by atoms with E-state index in [1.54, 1.807) is 0 Å². The van der Waals surface area contributed by atoms with E-state index in [1.165, 1.54) is 11.0 Å². The maximum atomic E-state index is 2.25. The Morgan fingerprint density at radius 3 is 2.00 bits per heavy atom. The van der Waals surface area contributed by atoms with Gasteiger partial charge in [0.05, 0.1) is 0 Å². The molecule has 1 radical (unpaired) electrons. The predicted octanol–water partition coefficient (Wildman–Crippen LogP) is 2.95. The maximum absolute atomic E-state index is 2.25. The summed E-state index contributed by atoms with van der Waals surface area (Å²) in [4.78, 5) is 0. The normalized spacial score (nSPS) is 11.2. The summed E-state index contributed by atoms with van der Waals surface area (Å²) in [5.74, 6) is 2.09. The molecule has 1 heteroatoms. The molecule has 0 aromatic heterocycles. The molecule has 49 valence electrons. The summed E-state index contributed by atoms with van der Waals surface area (Å²) in [6, 6.07) is 0. The van der Waals surface area contributed by atoms with Crippen LogP contribution in [-0.2, 0) is 0 Å². The molecule has 0 unspecified atom stereocenters. The molecule has 0 nitrogen and oxygen atoms in total. The zero-order valence-corrected chi connectivity index (χ0v) is 7.01. The summed E-state index contributed by atoms with van der Waals surface area (Å²) >= 11 is 1.96. The van der Waals surface area contributed by atoms with Crippen LogP contribution in [0.25, 0.3) is 0 Å². The van der Waals surface area contributed by atoms with E-state index in [0.717, 1.165) is 5.92 Å². The van der Waals surface area contributed by atoms with Gasteiger partial charge in [-0.2, -0.15) is 11.8 Å². The van der Waals surface area contributed by atoms with Gasteiger partial charge in [0.2, 0.25) is 0 Å². The molecule has 0 N–H and O–H groups in total. The molecule has 0 heterocycles. The van der Waals surface area contributed by atoms with Crippen molar-refractivity contribution in [2.45, 2.75) is 27.7 Å². The van der Waals surface area contributed by atoms with E-state index >= 15 is 0 Å². The first-order chi connectivity index (χ1) is 3.63. The summed E-state index contributed by atoms with van der Waals surface area (Å²) in [6.45, 7) is 8.81. The van der Waals surface area contributed by atoms with E-state index in [2.05, 4.69) is 27.7 Å². The average Bonchev–Trinajstić information content (AvgIpc) is 1.61. The fourth-order valence-electron chi connectivity index (χ4n) is 0.333. The van der Waals surface area contributed by atoms with Gasteiger partial charge in [-0.3, -0.25) is 0 Å². The molecular formula is C7H15S. The first-order valence-electron chi connectivity index (χ1n) is 3.06. The van der Waals surface area contributed by atoms with Gasteiger partial charge in [-0.15, -0.1) is 0 Å². The van der Waals surface area contributed by atoms with Crippen molar-refractivity contribution < 1.29 is 0 Å². The van der Waals surface area contributed by atoms with Gasteiger partial charge in [-0.05, 0) is 25.5 Å². The second kappa shape index (κ2) is 4.25. The predicted molar refractivity (Wildman–Crippen MR) is 41.9 cm³/mol. The topological polar surface area (TPSA) is 0 Å². The third-order valence-electron chi connectivity index (χ3n) is 0.705. The van der Waals surface area contributed by atoms with Crippen molar-refractivity contribution in [3.8, 4) is 0 Å². The lowest BCUT2D eigenvalue weighted by molar-refractivity contribution is 0.750. The van der Waals surface area contributed by atoms with E-state index in [4.69, 9.17) is 0 Å². The van der Waals surface area contributed by atoms with E-state index in [9.17, 15) is 0 Å². The van der Waals surface area contributed by atoms with Crippen molar-refractivity contribution in [3.05, 3.63) is 5.25 Å². The minimum absolute atomic E-state index is 0.829. The quantitative estimate of drug-likeness (QED) is 0.567. The number of thioether (sulfide) groups is 1. The minimum Gasteiger partial charge on any atom is -0.154 e. The van der Waals surface area contributed by atoms with E-state index in [0.29, 0.717) is 0 Å². The average molecular weight is 131 g/mol. The molecule has 0 fully saturated rings. The van der Waals surface area contributed by atoms with Gasteiger partial charge < -0.3 is 0 Å². The van der Waals surface area contributed by atoms with Crippen molar-refractivity contribution in [2.75, 3.05) is 5.75 Å². The molecule has 0 aromatic rings. The summed E-state index contributed by atoms with van der Waals surface area (Å²) in [5, 5.41) is 1.47. The van der Waals surface area contributed by atoms with Crippen molar-refractivity contribution in [3.63, 3.8) is 0 Å². The fraction of sp³-hybridized carbons (Fsp3) is 0.857.